The van der Waals surface area contributed by atoms with Crippen molar-refractivity contribution in [3.05, 3.63) is 0 Å². The molecule has 1 aliphatic rings. The first kappa shape index (κ1) is 15.0. The summed E-state index contributed by atoms with van der Waals surface area (Å²) in [5.74, 6) is -0.867. The lowest BCUT2D eigenvalue weighted by Gasteiger charge is -2.27. The van der Waals surface area contributed by atoms with Crippen LogP contribution in [0.15, 0.2) is 0 Å². The van der Waals surface area contributed by atoms with Gasteiger partial charge >= 0.3 is 5.97 Å². The fourth-order valence-electron chi connectivity index (χ4n) is 2.58. The minimum Gasteiger partial charge on any atom is -0.481 e. The smallest absolute Gasteiger partial charge is 0.307 e. The van der Waals surface area contributed by atoms with Crippen LogP contribution in [0, 0.1) is 17.8 Å². The molecule has 0 bridgehead atoms. The molecule has 0 aromatic heterocycles. The number of carboxylic acids is 1. The second kappa shape index (κ2) is 7.39. The Hall–Kier alpha value is -1.06. The van der Waals surface area contributed by atoms with Gasteiger partial charge in [-0.3, -0.25) is 9.59 Å². The Labute approximate surface area is 109 Å². The van der Waals surface area contributed by atoms with Crippen LogP contribution in [0.25, 0.3) is 0 Å². The number of carboxylic acid groups (broad SMARTS) is 1. The summed E-state index contributed by atoms with van der Waals surface area (Å²) in [6.07, 6.45) is 5.43. The summed E-state index contributed by atoms with van der Waals surface area (Å²) in [5, 5.41) is 12.1. The number of carbonyl (C=O) groups excluding carboxylic acids is 1. The van der Waals surface area contributed by atoms with Crippen LogP contribution in [0.5, 0.6) is 0 Å². The van der Waals surface area contributed by atoms with E-state index < -0.39 is 11.9 Å². The Morgan fingerprint density at radius 3 is 2.33 bits per heavy atom. The number of aliphatic carboxylic acids is 1. The molecule has 1 unspecified atom stereocenters. The van der Waals surface area contributed by atoms with Crippen molar-refractivity contribution in [1.82, 2.24) is 5.32 Å². The van der Waals surface area contributed by atoms with Gasteiger partial charge in [0.05, 0.1) is 5.92 Å². The van der Waals surface area contributed by atoms with Gasteiger partial charge in [-0.05, 0) is 24.7 Å². The van der Waals surface area contributed by atoms with Gasteiger partial charge in [0, 0.05) is 13.0 Å². The summed E-state index contributed by atoms with van der Waals surface area (Å²) >= 11 is 0. The van der Waals surface area contributed by atoms with E-state index in [0.717, 1.165) is 25.7 Å². The molecule has 0 aromatic carbocycles. The molecule has 0 spiro atoms. The molecular formula is C14H25NO3. The fraction of sp³-hybridized carbons (Fsp3) is 0.857. The minimum absolute atomic E-state index is 0.123. The maximum atomic E-state index is 11.7. The number of carbonyl (C=O) groups is 2. The average molecular weight is 255 g/mol. The monoisotopic (exact) mass is 255 g/mol. The van der Waals surface area contributed by atoms with Crippen molar-refractivity contribution in [2.75, 3.05) is 6.54 Å². The third-order valence-electron chi connectivity index (χ3n) is 3.65. The maximum absolute atomic E-state index is 11.7. The maximum Gasteiger partial charge on any atom is 0.307 e. The van der Waals surface area contributed by atoms with Crippen LogP contribution in [-0.4, -0.2) is 23.5 Å². The van der Waals surface area contributed by atoms with E-state index in [-0.39, 0.29) is 18.2 Å². The normalized spacial score (nSPS) is 18.6. The molecule has 1 saturated carbocycles. The summed E-state index contributed by atoms with van der Waals surface area (Å²) in [5.41, 5.74) is 0. The third kappa shape index (κ3) is 5.07. The third-order valence-corrected chi connectivity index (χ3v) is 3.65. The number of hydrogen-bond acceptors (Lipinski definition) is 2. The topological polar surface area (TPSA) is 66.4 Å². The van der Waals surface area contributed by atoms with Crippen molar-refractivity contribution >= 4 is 11.9 Å². The predicted octanol–water partition coefficient (Wildman–Crippen LogP) is 2.43. The number of nitrogens with one attached hydrogen (secondary N) is 1. The molecule has 0 heterocycles. The van der Waals surface area contributed by atoms with Crippen molar-refractivity contribution in [2.24, 2.45) is 17.8 Å². The Bertz CT molecular complexity index is 283. The SMILES string of the molecule is CC(C)CNC(=O)CC(C(=O)O)C1CCCCC1. The second-order valence-corrected chi connectivity index (χ2v) is 5.74. The first-order valence-electron chi connectivity index (χ1n) is 7.00. The van der Waals surface area contributed by atoms with Crippen LogP contribution < -0.4 is 5.32 Å². The van der Waals surface area contributed by atoms with Gasteiger partial charge in [-0.2, -0.15) is 0 Å². The Kier molecular flexibility index (Phi) is 6.16. The van der Waals surface area contributed by atoms with Gasteiger partial charge in [0.1, 0.15) is 0 Å². The van der Waals surface area contributed by atoms with Crippen LogP contribution >= 0.6 is 0 Å². The minimum atomic E-state index is -0.818. The molecule has 4 heteroatoms. The van der Waals surface area contributed by atoms with E-state index in [2.05, 4.69) is 5.32 Å². The van der Waals surface area contributed by atoms with Gasteiger partial charge in [-0.15, -0.1) is 0 Å². The molecule has 104 valence electrons. The van der Waals surface area contributed by atoms with Crippen LogP contribution in [0.2, 0.25) is 0 Å². The van der Waals surface area contributed by atoms with Crippen LogP contribution in [0.1, 0.15) is 52.4 Å². The number of rotatable bonds is 6. The van der Waals surface area contributed by atoms with Gasteiger partial charge in [-0.1, -0.05) is 33.1 Å². The molecule has 2 N–H and O–H groups in total. The Morgan fingerprint density at radius 2 is 1.83 bits per heavy atom. The molecule has 0 saturated heterocycles. The summed E-state index contributed by atoms with van der Waals surface area (Å²) in [4.78, 5) is 23.0. The fourth-order valence-corrected chi connectivity index (χ4v) is 2.58. The van der Waals surface area contributed by atoms with Gasteiger partial charge in [0.2, 0.25) is 5.91 Å². The molecule has 1 amide bonds. The first-order valence-corrected chi connectivity index (χ1v) is 7.00. The summed E-state index contributed by atoms with van der Waals surface area (Å²) in [6, 6.07) is 0. The first-order chi connectivity index (χ1) is 8.50. The van der Waals surface area contributed by atoms with Crippen molar-refractivity contribution in [1.29, 1.82) is 0 Å². The van der Waals surface area contributed by atoms with Crippen LogP contribution in [0.3, 0.4) is 0 Å². The van der Waals surface area contributed by atoms with Crippen molar-refractivity contribution in [3.8, 4) is 0 Å². The Morgan fingerprint density at radius 1 is 1.22 bits per heavy atom. The molecule has 0 aromatic rings. The Balaban J connectivity index is 2.46. The number of amides is 1. The van der Waals surface area contributed by atoms with E-state index in [0.29, 0.717) is 12.5 Å². The molecule has 0 aliphatic heterocycles. The lowest BCUT2D eigenvalue weighted by Crippen LogP contribution is -2.34. The van der Waals surface area contributed by atoms with E-state index in [1.807, 2.05) is 13.8 Å². The quantitative estimate of drug-likeness (QED) is 0.766. The average Bonchev–Trinajstić information content (AvgIpc) is 2.34. The van der Waals surface area contributed by atoms with E-state index in [9.17, 15) is 14.7 Å². The van der Waals surface area contributed by atoms with Crippen LogP contribution in [0.4, 0.5) is 0 Å². The van der Waals surface area contributed by atoms with Crippen LogP contribution in [-0.2, 0) is 9.59 Å². The second-order valence-electron chi connectivity index (χ2n) is 5.74. The zero-order chi connectivity index (χ0) is 13.5. The van der Waals surface area contributed by atoms with Crippen molar-refractivity contribution < 1.29 is 14.7 Å². The molecule has 1 rings (SSSR count). The summed E-state index contributed by atoms with van der Waals surface area (Å²) in [7, 11) is 0. The van der Waals surface area contributed by atoms with E-state index in [4.69, 9.17) is 0 Å². The lowest BCUT2D eigenvalue weighted by atomic mass is 9.78. The zero-order valence-electron chi connectivity index (χ0n) is 11.4. The summed E-state index contributed by atoms with van der Waals surface area (Å²) in [6.45, 7) is 4.67. The van der Waals surface area contributed by atoms with E-state index in [1.165, 1.54) is 6.42 Å². The van der Waals surface area contributed by atoms with Gasteiger partial charge < -0.3 is 10.4 Å². The number of hydrogen-bond donors (Lipinski definition) is 2. The van der Waals surface area contributed by atoms with E-state index in [1.54, 1.807) is 0 Å². The van der Waals surface area contributed by atoms with Gasteiger partial charge in [0.25, 0.3) is 0 Å². The molecular weight excluding hydrogens is 230 g/mol. The lowest BCUT2D eigenvalue weighted by molar-refractivity contribution is -0.146. The molecule has 0 radical (unpaired) electrons. The van der Waals surface area contributed by atoms with Gasteiger partial charge in [-0.25, -0.2) is 0 Å². The van der Waals surface area contributed by atoms with Crippen molar-refractivity contribution in [2.45, 2.75) is 52.4 Å². The molecule has 1 fully saturated rings. The zero-order valence-corrected chi connectivity index (χ0v) is 11.4. The highest BCUT2D eigenvalue weighted by Gasteiger charge is 2.31. The molecule has 1 atom stereocenters. The predicted molar refractivity (Wildman–Crippen MR) is 70.2 cm³/mol. The molecule has 4 nitrogen and oxygen atoms in total. The largest absolute Gasteiger partial charge is 0.481 e. The standard InChI is InChI=1S/C14H25NO3/c1-10(2)9-15-13(16)8-12(14(17)18)11-6-4-3-5-7-11/h10-12H,3-9H2,1-2H3,(H,15,16)(H,17,18). The molecule has 1 aliphatic carbocycles. The summed E-state index contributed by atoms with van der Waals surface area (Å²) < 4.78 is 0. The van der Waals surface area contributed by atoms with E-state index >= 15 is 0 Å². The van der Waals surface area contributed by atoms with Gasteiger partial charge in [0.15, 0.2) is 0 Å². The highest BCUT2D eigenvalue weighted by molar-refractivity contribution is 5.82. The molecule has 18 heavy (non-hydrogen) atoms. The van der Waals surface area contributed by atoms with Crippen molar-refractivity contribution in [3.63, 3.8) is 0 Å². The highest BCUT2D eigenvalue weighted by Crippen LogP contribution is 2.31. The highest BCUT2D eigenvalue weighted by atomic mass is 16.4.